The summed E-state index contributed by atoms with van der Waals surface area (Å²) in [6.07, 6.45) is -2.65. The number of H-pyrrole nitrogens is 1. The Labute approximate surface area is 119 Å². The molecule has 3 heterocycles. The molecule has 3 aromatic heterocycles. The van der Waals surface area contributed by atoms with Gasteiger partial charge in [0.2, 0.25) is 11.7 Å². The Morgan fingerprint density at radius 1 is 1.32 bits per heavy atom. The number of rotatable bonds is 3. The van der Waals surface area contributed by atoms with Crippen molar-refractivity contribution in [2.75, 3.05) is 0 Å². The Bertz CT molecular complexity index is 829. The minimum atomic E-state index is -4.51. The number of aromatic nitrogens is 6. The zero-order chi connectivity index (χ0) is 15.7. The van der Waals surface area contributed by atoms with Gasteiger partial charge in [0, 0.05) is 12.3 Å². The summed E-state index contributed by atoms with van der Waals surface area (Å²) in [6, 6.07) is 2.64. The topological polar surface area (TPSA) is 102 Å². The van der Waals surface area contributed by atoms with Crippen LogP contribution in [0, 0.1) is 0 Å². The van der Waals surface area contributed by atoms with Gasteiger partial charge in [0.1, 0.15) is 12.2 Å². The molecule has 0 aromatic carbocycles. The molecule has 0 saturated carbocycles. The average molecular weight is 312 g/mol. The van der Waals surface area contributed by atoms with E-state index in [0.717, 1.165) is 12.5 Å². The quantitative estimate of drug-likeness (QED) is 0.776. The van der Waals surface area contributed by atoms with Crippen molar-refractivity contribution in [1.82, 2.24) is 29.9 Å². The van der Waals surface area contributed by atoms with E-state index in [1.807, 2.05) is 0 Å². The predicted molar refractivity (Wildman–Crippen MR) is 64.5 cm³/mol. The van der Waals surface area contributed by atoms with E-state index >= 15 is 0 Å². The Hall–Kier alpha value is -2.98. The van der Waals surface area contributed by atoms with Gasteiger partial charge in [-0.3, -0.25) is 4.79 Å². The van der Waals surface area contributed by atoms with Crippen molar-refractivity contribution in [1.29, 1.82) is 0 Å². The number of aromatic amines is 1. The number of alkyl halides is 3. The molecule has 3 aromatic rings. The maximum Gasteiger partial charge on any atom is 0.434 e. The monoisotopic (exact) mass is 312 g/mol. The molecule has 11 heteroatoms. The number of nitrogens with one attached hydrogen (secondary N) is 1. The summed E-state index contributed by atoms with van der Waals surface area (Å²) in [5.74, 6) is 0.191. The molecule has 22 heavy (non-hydrogen) atoms. The summed E-state index contributed by atoms with van der Waals surface area (Å²) in [6.45, 7) is -0.0700. The third-order valence-electron chi connectivity index (χ3n) is 2.62. The fourth-order valence-corrected chi connectivity index (χ4v) is 1.64. The van der Waals surface area contributed by atoms with Crippen LogP contribution in [0.2, 0.25) is 0 Å². The average Bonchev–Trinajstić information content (AvgIpc) is 3.09. The maximum atomic E-state index is 12.4. The third kappa shape index (κ3) is 2.87. The van der Waals surface area contributed by atoms with E-state index in [2.05, 4.69) is 25.3 Å². The van der Waals surface area contributed by atoms with Crippen LogP contribution in [0.1, 0.15) is 11.6 Å². The van der Waals surface area contributed by atoms with Crippen LogP contribution in [0.5, 0.6) is 0 Å². The standard InChI is InChI=1S/C11H7F3N6O2/c12-11(13,14)7-3-20(5-15-7)4-9-16-10(19-22-9)6-1-2-8(21)18-17-6/h1-3,5H,4H2,(H,18,21). The van der Waals surface area contributed by atoms with E-state index in [9.17, 15) is 18.0 Å². The number of halogens is 3. The molecule has 1 N–H and O–H groups in total. The Balaban J connectivity index is 1.78. The Kier molecular flexibility index (Phi) is 3.23. The molecule has 0 saturated heterocycles. The van der Waals surface area contributed by atoms with Gasteiger partial charge in [0.05, 0.1) is 6.33 Å². The van der Waals surface area contributed by atoms with Crippen LogP contribution in [-0.2, 0) is 12.7 Å². The van der Waals surface area contributed by atoms with E-state index in [1.54, 1.807) is 0 Å². The first-order valence-corrected chi connectivity index (χ1v) is 5.89. The molecule has 3 rings (SSSR count). The van der Waals surface area contributed by atoms with Crippen LogP contribution in [0.15, 0.2) is 34.0 Å². The van der Waals surface area contributed by atoms with Gasteiger partial charge in [-0.2, -0.15) is 23.3 Å². The second-order valence-electron chi connectivity index (χ2n) is 4.25. The van der Waals surface area contributed by atoms with Crippen LogP contribution in [0.3, 0.4) is 0 Å². The van der Waals surface area contributed by atoms with Gasteiger partial charge >= 0.3 is 6.18 Å². The van der Waals surface area contributed by atoms with E-state index in [4.69, 9.17) is 4.52 Å². The van der Waals surface area contributed by atoms with Crippen molar-refractivity contribution >= 4 is 0 Å². The fraction of sp³-hybridized carbons (Fsp3) is 0.182. The molecule has 0 aliphatic carbocycles. The summed E-state index contributed by atoms with van der Waals surface area (Å²) in [5.41, 5.74) is -1.11. The van der Waals surface area contributed by atoms with Crippen molar-refractivity contribution in [3.8, 4) is 11.5 Å². The summed E-state index contributed by atoms with van der Waals surface area (Å²) >= 11 is 0. The van der Waals surface area contributed by atoms with E-state index in [1.165, 1.54) is 16.7 Å². The zero-order valence-corrected chi connectivity index (χ0v) is 10.7. The van der Waals surface area contributed by atoms with Gasteiger partial charge in [-0.05, 0) is 6.07 Å². The van der Waals surface area contributed by atoms with Gasteiger partial charge in [0.25, 0.3) is 5.56 Å². The van der Waals surface area contributed by atoms with Gasteiger partial charge in [-0.1, -0.05) is 5.16 Å². The van der Waals surface area contributed by atoms with Crippen molar-refractivity contribution in [2.45, 2.75) is 12.7 Å². The van der Waals surface area contributed by atoms with Crippen LogP contribution in [-0.4, -0.2) is 29.9 Å². The molecule has 8 nitrogen and oxygen atoms in total. The molecule has 0 spiro atoms. The Morgan fingerprint density at radius 3 is 2.77 bits per heavy atom. The number of hydrogen-bond donors (Lipinski definition) is 1. The lowest BCUT2D eigenvalue weighted by atomic mass is 10.4. The minimum Gasteiger partial charge on any atom is -0.337 e. The number of nitrogens with zero attached hydrogens (tertiary/aromatic N) is 5. The third-order valence-corrected chi connectivity index (χ3v) is 2.62. The highest BCUT2D eigenvalue weighted by atomic mass is 19.4. The SMILES string of the molecule is O=c1ccc(-c2noc(Cn3cnc(C(F)(F)F)c3)n2)n[nH]1. The lowest BCUT2D eigenvalue weighted by Gasteiger charge is -1.99. The first-order chi connectivity index (χ1) is 10.4. The summed E-state index contributed by atoms with van der Waals surface area (Å²) in [4.78, 5) is 18.1. The Morgan fingerprint density at radius 2 is 2.14 bits per heavy atom. The van der Waals surface area contributed by atoms with Crippen LogP contribution >= 0.6 is 0 Å². The molecule has 0 aliphatic heterocycles. The largest absolute Gasteiger partial charge is 0.434 e. The number of hydrogen-bond acceptors (Lipinski definition) is 6. The minimum absolute atomic E-state index is 0.0700. The van der Waals surface area contributed by atoms with Crippen LogP contribution < -0.4 is 5.56 Å². The van der Waals surface area contributed by atoms with Gasteiger partial charge in [0.15, 0.2) is 5.69 Å². The normalized spacial score (nSPS) is 11.8. The second-order valence-corrected chi connectivity index (χ2v) is 4.25. The molecule has 114 valence electrons. The van der Waals surface area contributed by atoms with Crippen LogP contribution in [0.4, 0.5) is 13.2 Å². The smallest absolute Gasteiger partial charge is 0.337 e. The van der Waals surface area contributed by atoms with E-state index in [0.29, 0.717) is 0 Å². The molecular formula is C11H7F3N6O2. The van der Waals surface area contributed by atoms with Crippen molar-refractivity contribution in [3.63, 3.8) is 0 Å². The van der Waals surface area contributed by atoms with Gasteiger partial charge in [-0.15, -0.1) is 0 Å². The first-order valence-electron chi connectivity index (χ1n) is 5.89. The lowest BCUT2D eigenvalue weighted by molar-refractivity contribution is -0.140. The molecule has 0 atom stereocenters. The van der Waals surface area contributed by atoms with E-state index < -0.39 is 11.9 Å². The van der Waals surface area contributed by atoms with Gasteiger partial charge in [-0.25, -0.2) is 10.1 Å². The highest BCUT2D eigenvalue weighted by molar-refractivity contribution is 5.46. The lowest BCUT2D eigenvalue weighted by Crippen LogP contribution is -2.06. The van der Waals surface area contributed by atoms with Gasteiger partial charge < -0.3 is 9.09 Å². The molecule has 0 fully saturated rings. The van der Waals surface area contributed by atoms with Crippen molar-refractivity contribution in [3.05, 3.63) is 46.6 Å². The molecule has 0 unspecified atom stereocenters. The maximum absolute atomic E-state index is 12.4. The van der Waals surface area contributed by atoms with Crippen molar-refractivity contribution < 1.29 is 17.7 Å². The summed E-state index contributed by atoms with van der Waals surface area (Å²) < 4.78 is 43.4. The zero-order valence-electron chi connectivity index (χ0n) is 10.7. The molecule has 0 bridgehead atoms. The predicted octanol–water partition coefficient (Wildman–Crippen LogP) is 1.08. The second kappa shape index (κ2) is 5.09. The summed E-state index contributed by atoms with van der Waals surface area (Å²) in [7, 11) is 0. The highest BCUT2D eigenvalue weighted by Crippen LogP contribution is 2.27. The first kappa shape index (κ1) is 14.0. The highest BCUT2D eigenvalue weighted by Gasteiger charge is 2.33. The van der Waals surface area contributed by atoms with E-state index in [-0.39, 0.29) is 29.5 Å². The van der Waals surface area contributed by atoms with Crippen LogP contribution in [0.25, 0.3) is 11.5 Å². The summed E-state index contributed by atoms with van der Waals surface area (Å²) in [5, 5.41) is 9.57. The molecule has 0 radical (unpaired) electrons. The van der Waals surface area contributed by atoms with Crippen molar-refractivity contribution in [2.24, 2.45) is 0 Å². The number of imidazole rings is 1. The molecule has 0 amide bonds. The fourth-order valence-electron chi connectivity index (χ4n) is 1.64. The molecule has 0 aliphatic rings. The molecular weight excluding hydrogens is 305 g/mol.